The molecule has 8 nitrogen and oxygen atoms in total. The Morgan fingerprint density at radius 3 is 2.59 bits per heavy atom. The number of hydroxylamine groups is 1. The topological polar surface area (TPSA) is 95.6 Å². The molecule has 8 heteroatoms. The summed E-state index contributed by atoms with van der Waals surface area (Å²) in [6, 6.07) is 13.5. The lowest BCUT2D eigenvalue weighted by Crippen LogP contribution is -2.19. The number of amides is 1. The van der Waals surface area contributed by atoms with E-state index < -0.39 is 5.91 Å². The van der Waals surface area contributed by atoms with Crippen LogP contribution in [0.4, 0.5) is 0 Å². The number of nitrogens with one attached hydrogen (secondary N) is 1. The van der Waals surface area contributed by atoms with Crippen molar-refractivity contribution in [1.29, 1.82) is 0 Å². The highest BCUT2D eigenvalue weighted by atomic mass is 16.5. The minimum atomic E-state index is -0.522. The number of imidazole rings is 1. The minimum absolute atomic E-state index is 0.242. The number of benzene rings is 1. The fraction of sp³-hybridized carbons (Fsp3) is 0.308. The van der Waals surface area contributed by atoms with Crippen LogP contribution in [0.15, 0.2) is 61.1 Å². The van der Waals surface area contributed by atoms with Crippen LogP contribution in [-0.2, 0) is 12.0 Å². The van der Waals surface area contributed by atoms with Gasteiger partial charge in [-0.25, -0.2) is 20.4 Å². The summed E-state index contributed by atoms with van der Waals surface area (Å²) in [5.41, 5.74) is 6.90. The molecule has 1 aliphatic heterocycles. The summed E-state index contributed by atoms with van der Waals surface area (Å²) in [4.78, 5) is 28.4. The molecule has 0 atom stereocenters. The lowest BCUT2D eigenvalue weighted by atomic mass is 9.94. The maximum absolute atomic E-state index is 11.7. The highest BCUT2D eigenvalue weighted by molar-refractivity contribution is 5.93. The summed E-state index contributed by atoms with van der Waals surface area (Å²) in [6.45, 7) is 3.32. The standard InChI is InChI=1S/C26H26N6O2/c33-24(30-34)19-3-5-20(6-4-19)26(9-10-26)25-27-11-7-21(29-25)22-16-28-23-15-18(8-14-32(22)23)17-31-12-1-2-13-31/h3-8,11,14-16,34H,1-2,9-10,12-13,17H2,(H,30,33). The van der Waals surface area contributed by atoms with Gasteiger partial charge in [-0.15, -0.1) is 0 Å². The van der Waals surface area contributed by atoms with Gasteiger partial charge in [0, 0.05) is 24.5 Å². The van der Waals surface area contributed by atoms with E-state index in [1.165, 1.54) is 31.5 Å². The molecule has 34 heavy (non-hydrogen) atoms. The summed E-state index contributed by atoms with van der Waals surface area (Å²) in [6.07, 6.45) is 10.3. The second-order valence-electron chi connectivity index (χ2n) is 9.26. The Bertz CT molecular complexity index is 1350. The fourth-order valence-corrected chi connectivity index (χ4v) is 5.01. The van der Waals surface area contributed by atoms with Crippen LogP contribution < -0.4 is 5.48 Å². The quantitative estimate of drug-likeness (QED) is 0.342. The van der Waals surface area contributed by atoms with Crippen molar-refractivity contribution >= 4 is 11.6 Å². The number of rotatable bonds is 6. The van der Waals surface area contributed by atoms with Crippen molar-refractivity contribution in [2.45, 2.75) is 37.6 Å². The number of likely N-dealkylation sites (tertiary alicyclic amines) is 1. The van der Waals surface area contributed by atoms with E-state index in [1.807, 2.05) is 30.6 Å². The molecule has 2 N–H and O–H groups in total. The Morgan fingerprint density at radius 2 is 1.85 bits per heavy atom. The Balaban J connectivity index is 1.29. The molecule has 0 radical (unpaired) electrons. The Hall–Kier alpha value is -3.62. The van der Waals surface area contributed by atoms with Crippen LogP contribution in [0.3, 0.4) is 0 Å². The first-order valence-corrected chi connectivity index (χ1v) is 11.7. The monoisotopic (exact) mass is 454 g/mol. The summed E-state index contributed by atoms with van der Waals surface area (Å²) in [5.74, 6) is 0.260. The second-order valence-corrected chi connectivity index (χ2v) is 9.26. The van der Waals surface area contributed by atoms with E-state index in [0.29, 0.717) is 5.56 Å². The van der Waals surface area contributed by atoms with E-state index in [9.17, 15) is 4.79 Å². The van der Waals surface area contributed by atoms with Gasteiger partial charge in [0.05, 0.1) is 23.0 Å². The van der Waals surface area contributed by atoms with Crippen molar-refractivity contribution in [3.05, 3.63) is 83.6 Å². The first-order chi connectivity index (χ1) is 16.7. The minimum Gasteiger partial charge on any atom is -0.299 e. The molecule has 2 aliphatic rings. The van der Waals surface area contributed by atoms with Crippen LogP contribution in [0.5, 0.6) is 0 Å². The number of hydrogen-bond acceptors (Lipinski definition) is 6. The Labute approximate surface area is 197 Å². The van der Waals surface area contributed by atoms with Gasteiger partial charge in [0.1, 0.15) is 11.5 Å². The van der Waals surface area contributed by atoms with Gasteiger partial charge in [0.25, 0.3) is 5.91 Å². The van der Waals surface area contributed by atoms with E-state index in [4.69, 9.17) is 10.2 Å². The first kappa shape index (κ1) is 20.9. The van der Waals surface area contributed by atoms with E-state index in [1.54, 1.807) is 17.6 Å². The number of carbonyl (C=O) groups excluding carboxylic acids is 1. The molecule has 1 amide bonds. The normalized spacial score (nSPS) is 17.2. The second kappa shape index (κ2) is 8.30. The molecule has 0 spiro atoms. The van der Waals surface area contributed by atoms with Crippen LogP contribution in [0.2, 0.25) is 0 Å². The van der Waals surface area contributed by atoms with Gasteiger partial charge in [-0.1, -0.05) is 12.1 Å². The number of carbonyl (C=O) groups is 1. The largest absolute Gasteiger partial charge is 0.299 e. The highest BCUT2D eigenvalue weighted by Crippen LogP contribution is 2.52. The third-order valence-corrected chi connectivity index (χ3v) is 7.08. The van der Waals surface area contributed by atoms with Crippen LogP contribution in [0.25, 0.3) is 17.0 Å². The van der Waals surface area contributed by atoms with Crippen molar-refractivity contribution in [3.8, 4) is 11.4 Å². The number of hydrogen-bond donors (Lipinski definition) is 2. The zero-order chi connectivity index (χ0) is 23.1. The predicted octanol–water partition coefficient (Wildman–Crippen LogP) is 3.59. The van der Waals surface area contributed by atoms with Crippen molar-refractivity contribution < 1.29 is 10.0 Å². The summed E-state index contributed by atoms with van der Waals surface area (Å²) >= 11 is 0. The number of nitrogens with zero attached hydrogens (tertiary/aromatic N) is 5. The van der Waals surface area contributed by atoms with E-state index in [0.717, 1.165) is 47.8 Å². The molecule has 4 heterocycles. The predicted molar refractivity (Wildman–Crippen MR) is 126 cm³/mol. The van der Waals surface area contributed by atoms with E-state index in [2.05, 4.69) is 37.6 Å². The Kier molecular flexibility index (Phi) is 5.12. The molecule has 1 aromatic carbocycles. The van der Waals surface area contributed by atoms with Gasteiger partial charge in [-0.05, 0) is 80.2 Å². The SMILES string of the molecule is O=C(NO)c1ccc(C2(c3nccc(-c4cnc5cc(CN6CCCC6)ccn45)n3)CC2)cc1. The van der Waals surface area contributed by atoms with E-state index >= 15 is 0 Å². The smallest absolute Gasteiger partial charge is 0.274 e. The van der Waals surface area contributed by atoms with Crippen LogP contribution in [0, 0.1) is 0 Å². The van der Waals surface area contributed by atoms with Gasteiger partial charge >= 0.3 is 0 Å². The van der Waals surface area contributed by atoms with Crippen LogP contribution in [-0.4, -0.2) is 48.5 Å². The molecule has 4 aromatic rings. The number of fused-ring (bicyclic) bond motifs is 1. The average Bonchev–Trinajstić information content (AvgIpc) is 3.33. The molecule has 3 aromatic heterocycles. The molecular formula is C26H26N6O2. The van der Waals surface area contributed by atoms with Crippen molar-refractivity contribution in [2.24, 2.45) is 0 Å². The Morgan fingerprint density at radius 1 is 1.06 bits per heavy atom. The molecule has 0 unspecified atom stereocenters. The maximum atomic E-state index is 11.7. The van der Waals surface area contributed by atoms with Gasteiger partial charge in [-0.2, -0.15) is 0 Å². The summed E-state index contributed by atoms with van der Waals surface area (Å²) < 4.78 is 2.08. The summed E-state index contributed by atoms with van der Waals surface area (Å²) in [7, 11) is 0. The fourth-order valence-electron chi connectivity index (χ4n) is 5.01. The number of aromatic nitrogens is 4. The molecule has 0 bridgehead atoms. The molecule has 1 saturated carbocycles. The lowest BCUT2D eigenvalue weighted by molar-refractivity contribution is 0.0706. The van der Waals surface area contributed by atoms with Crippen LogP contribution in [0.1, 0.15) is 53.0 Å². The third-order valence-electron chi connectivity index (χ3n) is 7.08. The van der Waals surface area contributed by atoms with Crippen molar-refractivity contribution in [2.75, 3.05) is 13.1 Å². The van der Waals surface area contributed by atoms with Gasteiger partial charge in [0.2, 0.25) is 0 Å². The zero-order valence-corrected chi connectivity index (χ0v) is 18.8. The number of pyridine rings is 1. The molecular weight excluding hydrogens is 428 g/mol. The van der Waals surface area contributed by atoms with Crippen molar-refractivity contribution in [1.82, 2.24) is 29.7 Å². The molecule has 2 fully saturated rings. The van der Waals surface area contributed by atoms with Crippen molar-refractivity contribution in [3.63, 3.8) is 0 Å². The molecule has 6 rings (SSSR count). The highest BCUT2D eigenvalue weighted by Gasteiger charge is 2.48. The summed E-state index contributed by atoms with van der Waals surface area (Å²) in [5, 5.41) is 8.85. The molecule has 1 aliphatic carbocycles. The zero-order valence-electron chi connectivity index (χ0n) is 18.8. The lowest BCUT2D eigenvalue weighted by Gasteiger charge is -2.16. The van der Waals surface area contributed by atoms with Crippen LogP contribution >= 0.6 is 0 Å². The first-order valence-electron chi connectivity index (χ1n) is 11.7. The average molecular weight is 455 g/mol. The van der Waals surface area contributed by atoms with Gasteiger partial charge in [0.15, 0.2) is 0 Å². The maximum Gasteiger partial charge on any atom is 0.274 e. The van der Waals surface area contributed by atoms with E-state index in [-0.39, 0.29) is 5.41 Å². The molecule has 172 valence electrons. The molecule has 1 saturated heterocycles. The third kappa shape index (κ3) is 3.65. The van der Waals surface area contributed by atoms with Gasteiger partial charge in [-0.3, -0.25) is 19.3 Å². The van der Waals surface area contributed by atoms with Gasteiger partial charge < -0.3 is 0 Å².